The van der Waals surface area contributed by atoms with Gasteiger partial charge in [-0.15, -0.1) is 0 Å². The SMILES string of the molecule is COc1ccc(S(=O)(=O)N(CC(=O)N(Cc2ccc(Cl)cc2)C(C)C(=O)NC2CCCCC2)c2ccc(C)cc2)cc1OC. The van der Waals surface area contributed by atoms with E-state index in [2.05, 4.69) is 5.32 Å². The number of nitrogens with one attached hydrogen (secondary N) is 1. The van der Waals surface area contributed by atoms with Crippen molar-refractivity contribution in [1.82, 2.24) is 10.2 Å². The predicted octanol–water partition coefficient (Wildman–Crippen LogP) is 5.73. The van der Waals surface area contributed by atoms with Crippen molar-refractivity contribution in [2.45, 2.75) is 69.5 Å². The van der Waals surface area contributed by atoms with Gasteiger partial charge in [0.1, 0.15) is 12.6 Å². The molecule has 0 spiro atoms. The molecule has 2 amide bonds. The molecule has 0 aromatic heterocycles. The van der Waals surface area contributed by atoms with Gasteiger partial charge in [0, 0.05) is 23.7 Å². The van der Waals surface area contributed by atoms with Crippen LogP contribution in [0.2, 0.25) is 5.02 Å². The topological polar surface area (TPSA) is 105 Å². The summed E-state index contributed by atoms with van der Waals surface area (Å²) in [6, 6.07) is 17.4. The van der Waals surface area contributed by atoms with Gasteiger partial charge in [-0.1, -0.05) is 60.7 Å². The number of sulfonamides is 1. The highest BCUT2D eigenvalue weighted by molar-refractivity contribution is 7.92. The molecule has 11 heteroatoms. The van der Waals surface area contributed by atoms with Crippen molar-refractivity contribution in [3.8, 4) is 11.5 Å². The minimum absolute atomic E-state index is 0.0562. The van der Waals surface area contributed by atoms with E-state index in [-0.39, 0.29) is 29.1 Å². The highest BCUT2D eigenvalue weighted by atomic mass is 35.5. The lowest BCUT2D eigenvalue weighted by Crippen LogP contribution is -2.53. The number of rotatable bonds is 12. The van der Waals surface area contributed by atoms with Crippen LogP contribution in [-0.2, 0) is 26.2 Å². The lowest BCUT2D eigenvalue weighted by Gasteiger charge is -2.33. The minimum Gasteiger partial charge on any atom is -0.493 e. The Morgan fingerprint density at radius 1 is 0.932 bits per heavy atom. The standard InChI is InChI=1S/C33H40ClN3O6S/c1-23-10-16-28(17-11-23)37(44(40,41)29-18-19-30(42-3)31(20-29)43-4)22-32(38)36(21-25-12-14-26(34)15-13-25)24(2)33(39)35-27-8-6-5-7-9-27/h10-20,24,27H,5-9,21-22H2,1-4H3,(H,35,39). The summed E-state index contributed by atoms with van der Waals surface area (Å²) in [4.78, 5) is 29.0. The number of anilines is 1. The second-order valence-corrected chi connectivity index (χ2v) is 13.3. The van der Waals surface area contributed by atoms with Crippen molar-refractivity contribution < 1.29 is 27.5 Å². The first-order valence-electron chi connectivity index (χ1n) is 14.7. The van der Waals surface area contributed by atoms with Gasteiger partial charge in [0.2, 0.25) is 11.8 Å². The number of amides is 2. The molecular formula is C33H40ClN3O6S. The summed E-state index contributed by atoms with van der Waals surface area (Å²) in [7, 11) is -1.38. The third-order valence-electron chi connectivity index (χ3n) is 7.93. The van der Waals surface area contributed by atoms with Crippen LogP contribution in [0.1, 0.15) is 50.2 Å². The average Bonchev–Trinajstić information content (AvgIpc) is 3.03. The maximum Gasteiger partial charge on any atom is 0.264 e. The normalized spacial score (nSPS) is 14.4. The number of benzene rings is 3. The first kappa shape index (κ1) is 33.1. The molecule has 236 valence electrons. The largest absolute Gasteiger partial charge is 0.493 e. The fourth-order valence-electron chi connectivity index (χ4n) is 5.28. The van der Waals surface area contributed by atoms with E-state index < -0.39 is 28.5 Å². The summed E-state index contributed by atoms with van der Waals surface area (Å²) in [6.07, 6.45) is 5.04. The molecule has 0 heterocycles. The number of nitrogens with zero attached hydrogens (tertiary/aromatic N) is 2. The molecule has 44 heavy (non-hydrogen) atoms. The number of hydrogen-bond donors (Lipinski definition) is 1. The van der Waals surface area contributed by atoms with E-state index in [4.69, 9.17) is 21.1 Å². The van der Waals surface area contributed by atoms with Gasteiger partial charge >= 0.3 is 0 Å². The number of carbonyl (C=O) groups excluding carboxylic acids is 2. The first-order valence-corrected chi connectivity index (χ1v) is 16.5. The first-order chi connectivity index (χ1) is 21.0. The smallest absolute Gasteiger partial charge is 0.264 e. The second kappa shape index (κ2) is 14.8. The van der Waals surface area contributed by atoms with Gasteiger partial charge < -0.3 is 19.7 Å². The zero-order valence-electron chi connectivity index (χ0n) is 25.6. The molecule has 1 saturated carbocycles. The van der Waals surface area contributed by atoms with Gasteiger partial charge in [-0.25, -0.2) is 8.42 Å². The van der Waals surface area contributed by atoms with Crippen molar-refractivity contribution in [1.29, 1.82) is 0 Å². The zero-order chi connectivity index (χ0) is 31.9. The van der Waals surface area contributed by atoms with Crippen LogP contribution in [0.5, 0.6) is 11.5 Å². The van der Waals surface area contributed by atoms with E-state index >= 15 is 0 Å². The van der Waals surface area contributed by atoms with Crippen LogP contribution in [0.25, 0.3) is 0 Å². The summed E-state index contributed by atoms with van der Waals surface area (Å²) >= 11 is 6.09. The van der Waals surface area contributed by atoms with Crippen molar-refractivity contribution in [3.05, 3.63) is 82.9 Å². The Morgan fingerprint density at radius 2 is 1.57 bits per heavy atom. The molecule has 0 bridgehead atoms. The maximum atomic E-state index is 14.2. The Balaban J connectivity index is 1.70. The van der Waals surface area contributed by atoms with Crippen LogP contribution >= 0.6 is 11.6 Å². The van der Waals surface area contributed by atoms with Crippen molar-refractivity contribution in [2.75, 3.05) is 25.1 Å². The quantitative estimate of drug-likeness (QED) is 0.271. The van der Waals surface area contributed by atoms with Crippen LogP contribution in [0.4, 0.5) is 5.69 Å². The molecule has 0 saturated heterocycles. The lowest BCUT2D eigenvalue weighted by atomic mass is 9.95. The Kier molecular flexibility index (Phi) is 11.2. The van der Waals surface area contributed by atoms with Crippen LogP contribution in [0, 0.1) is 6.92 Å². The van der Waals surface area contributed by atoms with Gasteiger partial charge in [0.15, 0.2) is 11.5 Å². The van der Waals surface area contributed by atoms with E-state index in [1.165, 1.54) is 37.3 Å². The molecule has 1 aliphatic rings. The third-order valence-corrected chi connectivity index (χ3v) is 9.95. The highest BCUT2D eigenvalue weighted by Crippen LogP contribution is 2.32. The molecular weight excluding hydrogens is 602 g/mol. The monoisotopic (exact) mass is 641 g/mol. The number of methoxy groups -OCH3 is 2. The van der Waals surface area contributed by atoms with Gasteiger partial charge in [-0.3, -0.25) is 13.9 Å². The lowest BCUT2D eigenvalue weighted by molar-refractivity contribution is -0.139. The number of aryl methyl sites for hydroxylation is 1. The average molecular weight is 642 g/mol. The van der Waals surface area contributed by atoms with Gasteiger partial charge in [0.25, 0.3) is 10.0 Å². The van der Waals surface area contributed by atoms with E-state index in [1.54, 1.807) is 55.5 Å². The predicted molar refractivity (Wildman–Crippen MR) is 172 cm³/mol. The van der Waals surface area contributed by atoms with Crippen LogP contribution in [0.3, 0.4) is 0 Å². The molecule has 0 radical (unpaired) electrons. The molecule has 1 unspecified atom stereocenters. The summed E-state index contributed by atoms with van der Waals surface area (Å²) in [5.74, 6) is -0.197. The number of hydrogen-bond acceptors (Lipinski definition) is 6. The molecule has 9 nitrogen and oxygen atoms in total. The Hall–Kier alpha value is -3.76. The van der Waals surface area contributed by atoms with E-state index in [9.17, 15) is 18.0 Å². The molecule has 3 aromatic rings. The van der Waals surface area contributed by atoms with Crippen LogP contribution < -0.4 is 19.1 Å². The van der Waals surface area contributed by atoms with Gasteiger partial charge in [0.05, 0.1) is 24.8 Å². The molecule has 4 rings (SSSR count). The fourth-order valence-corrected chi connectivity index (χ4v) is 6.84. The molecule has 1 atom stereocenters. The summed E-state index contributed by atoms with van der Waals surface area (Å²) in [6.45, 7) is 3.12. The summed E-state index contributed by atoms with van der Waals surface area (Å²) in [5.41, 5.74) is 2.00. The summed E-state index contributed by atoms with van der Waals surface area (Å²) in [5, 5.41) is 3.65. The third kappa shape index (κ3) is 8.04. The van der Waals surface area contributed by atoms with Crippen molar-refractivity contribution >= 4 is 39.1 Å². The number of halogens is 1. The highest BCUT2D eigenvalue weighted by Gasteiger charge is 2.33. The molecule has 0 aliphatic heterocycles. The Morgan fingerprint density at radius 3 is 2.18 bits per heavy atom. The van der Waals surface area contributed by atoms with Crippen LogP contribution in [0.15, 0.2) is 71.6 Å². The molecule has 3 aromatic carbocycles. The van der Waals surface area contributed by atoms with Crippen LogP contribution in [-0.4, -0.2) is 58.0 Å². The van der Waals surface area contributed by atoms with E-state index in [0.717, 1.165) is 47.5 Å². The number of ether oxygens (including phenoxy) is 2. The number of carbonyl (C=O) groups is 2. The second-order valence-electron chi connectivity index (χ2n) is 11.0. The molecule has 1 N–H and O–H groups in total. The fraction of sp³-hybridized carbons (Fsp3) is 0.394. The zero-order valence-corrected chi connectivity index (χ0v) is 27.2. The van der Waals surface area contributed by atoms with E-state index in [0.29, 0.717) is 16.5 Å². The van der Waals surface area contributed by atoms with Crippen molar-refractivity contribution in [2.24, 2.45) is 0 Å². The van der Waals surface area contributed by atoms with Gasteiger partial charge in [-0.2, -0.15) is 0 Å². The van der Waals surface area contributed by atoms with E-state index in [1.807, 2.05) is 6.92 Å². The minimum atomic E-state index is -4.27. The molecule has 1 aliphatic carbocycles. The Bertz CT molecular complexity index is 1540. The maximum absolute atomic E-state index is 14.2. The van der Waals surface area contributed by atoms with Gasteiger partial charge in [-0.05, 0) is 68.7 Å². The van der Waals surface area contributed by atoms with Crippen molar-refractivity contribution in [3.63, 3.8) is 0 Å². The summed E-state index contributed by atoms with van der Waals surface area (Å²) < 4.78 is 40.0. The molecule has 1 fully saturated rings. The Labute approximate surface area is 265 Å².